The molecule has 9 heteroatoms. The van der Waals surface area contributed by atoms with E-state index < -0.39 is 17.3 Å². The van der Waals surface area contributed by atoms with Crippen LogP contribution in [0.3, 0.4) is 0 Å². The molecule has 138 valence electrons. The van der Waals surface area contributed by atoms with Crippen LogP contribution < -0.4 is 10.3 Å². The quantitative estimate of drug-likeness (QED) is 0.504. The predicted octanol–water partition coefficient (Wildman–Crippen LogP) is 4.15. The standard InChI is InChI=1S/C18H13ClFN3O3S/c1-26-15-7-4-11(8-14(15)19)21-9-13-16(24)22-18(27)23(17(13)25)12-5-2-10(20)3-6-12/h2-9,25H,1H3,(H,22,24,27). The van der Waals surface area contributed by atoms with Crippen molar-refractivity contribution < 1.29 is 14.2 Å². The highest BCUT2D eigenvalue weighted by atomic mass is 35.5. The summed E-state index contributed by atoms with van der Waals surface area (Å²) in [4.78, 5) is 18.8. The van der Waals surface area contributed by atoms with E-state index >= 15 is 0 Å². The molecule has 0 bridgehead atoms. The Bertz CT molecular complexity index is 1140. The normalized spacial score (nSPS) is 11.1. The number of halogens is 2. The summed E-state index contributed by atoms with van der Waals surface area (Å²) in [5.74, 6) is -0.369. The number of hydrogen-bond donors (Lipinski definition) is 2. The first-order valence-corrected chi connectivity index (χ1v) is 8.41. The van der Waals surface area contributed by atoms with Crippen LogP contribution in [-0.4, -0.2) is 28.0 Å². The molecule has 0 aliphatic carbocycles. The minimum atomic E-state index is -0.612. The maximum Gasteiger partial charge on any atom is 0.264 e. The summed E-state index contributed by atoms with van der Waals surface area (Å²) in [5, 5.41) is 10.9. The second-order valence-electron chi connectivity index (χ2n) is 5.39. The highest BCUT2D eigenvalue weighted by Crippen LogP contribution is 2.28. The predicted molar refractivity (Wildman–Crippen MR) is 104 cm³/mol. The van der Waals surface area contributed by atoms with Crippen molar-refractivity contribution in [3.05, 3.63) is 74.0 Å². The van der Waals surface area contributed by atoms with E-state index in [9.17, 15) is 14.3 Å². The van der Waals surface area contributed by atoms with Gasteiger partial charge in [0, 0.05) is 6.21 Å². The monoisotopic (exact) mass is 405 g/mol. The number of aromatic hydroxyl groups is 1. The largest absolute Gasteiger partial charge is 0.495 e. The van der Waals surface area contributed by atoms with E-state index in [4.69, 9.17) is 28.6 Å². The Morgan fingerprint density at radius 3 is 2.63 bits per heavy atom. The molecule has 0 unspecified atom stereocenters. The molecule has 0 amide bonds. The first kappa shape index (κ1) is 18.8. The number of aromatic amines is 1. The zero-order valence-electron chi connectivity index (χ0n) is 13.9. The molecule has 0 aliphatic rings. The van der Waals surface area contributed by atoms with E-state index in [0.29, 0.717) is 22.1 Å². The van der Waals surface area contributed by atoms with E-state index in [0.717, 1.165) is 0 Å². The summed E-state index contributed by atoms with van der Waals surface area (Å²) in [6.07, 6.45) is 1.20. The zero-order valence-corrected chi connectivity index (χ0v) is 15.5. The molecule has 0 saturated heterocycles. The number of nitrogens with zero attached hydrogens (tertiary/aromatic N) is 2. The van der Waals surface area contributed by atoms with Gasteiger partial charge in [-0.15, -0.1) is 0 Å². The van der Waals surface area contributed by atoms with Gasteiger partial charge in [0.25, 0.3) is 5.56 Å². The lowest BCUT2D eigenvalue weighted by Crippen LogP contribution is -2.18. The van der Waals surface area contributed by atoms with Gasteiger partial charge < -0.3 is 9.84 Å². The van der Waals surface area contributed by atoms with Gasteiger partial charge in [-0.3, -0.25) is 19.3 Å². The second-order valence-corrected chi connectivity index (χ2v) is 6.18. The first-order chi connectivity index (χ1) is 12.9. The zero-order chi connectivity index (χ0) is 19.6. The number of hydrogen-bond acceptors (Lipinski definition) is 5. The van der Waals surface area contributed by atoms with E-state index in [1.165, 1.54) is 42.2 Å². The molecule has 0 spiro atoms. The smallest absolute Gasteiger partial charge is 0.264 e. The van der Waals surface area contributed by atoms with Gasteiger partial charge in [0.1, 0.15) is 17.1 Å². The van der Waals surface area contributed by atoms with E-state index in [1.807, 2.05) is 0 Å². The van der Waals surface area contributed by atoms with Crippen molar-refractivity contribution in [2.45, 2.75) is 0 Å². The molecule has 27 heavy (non-hydrogen) atoms. The van der Waals surface area contributed by atoms with Crippen molar-refractivity contribution in [2.24, 2.45) is 4.99 Å². The number of aliphatic imine (C=N–C) groups is 1. The van der Waals surface area contributed by atoms with Crippen LogP contribution >= 0.6 is 23.8 Å². The molecule has 0 aliphatic heterocycles. The van der Waals surface area contributed by atoms with Crippen LogP contribution in [-0.2, 0) is 0 Å². The number of aromatic nitrogens is 2. The van der Waals surface area contributed by atoms with Crippen LogP contribution in [0.5, 0.6) is 11.6 Å². The van der Waals surface area contributed by atoms with Crippen molar-refractivity contribution in [3.63, 3.8) is 0 Å². The second kappa shape index (κ2) is 7.73. The molecule has 6 nitrogen and oxygen atoms in total. The Hall–Kier alpha value is -2.97. The highest BCUT2D eigenvalue weighted by Gasteiger charge is 2.13. The topological polar surface area (TPSA) is 79.6 Å². The van der Waals surface area contributed by atoms with Gasteiger partial charge in [0.15, 0.2) is 4.77 Å². The average Bonchev–Trinajstić information content (AvgIpc) is 2.63. The van der Waals surface area contributed by atoms with Crippen molar-refractivity contribution in [1.29, 1.82) is 0 Å². The minimum Gasteiger partial charge on any atom is -0.495 e. The lowest BCUT2D eigenvalue weighted by molar-refractivity contribution is 0.415. The van der Waals surface area contributed by atoms with Crippen LogP contribution in [0.2, 0.25) is 5.02 Å². The van der Waals surface area contributed by atoms with Crippen LogP contribution in [0.25, 0.3) is 5.69 Å². The molecular formula is C18H13ClFN3O3S. The molecule has 1 heterocycles. The summed E-state index contributed by atoms with van der Waals surface area (Å²) in [7, 11) is 1.49. The SMILES string of the molecule is COc1ccc(N=Cc2c(O)n(-c3ccc(F)cc3)c(=S)[nH]c2=O)cc1Cl. The third kappa shape index (κ3) is 3.91. The lowest BCUT2D eigenvalue weighted by Gasteiger charge is -2.11. The number of benzene rings is 2. The summed E-state index contributed by atoms with van der Waals surface area (Å²) in [5.41, 5.74) is 0.117. The molecule has 3 aromatic rings. The Balaban J connectivity index is 2.07. The van der Waals surface area contributed by atoms with Crippen LogP contribution in [0.4, 0.5) is 10.1 Å². The van der Waals surface area contributed by atoms with Gasteiger partial charge in [-0.1, -0.05) is 11.6 Å². The fourth-order valence-electron chi connectivity index (χ4n) is 2.36. The molecule has 2 aromatic carbocycles. The number of methoxy groups -OCH3 is 1. The lowest BCUT2D eigenvalue weighted by atomic mass is 10.2. The summed E-state index contributed by atoms with van der Waals surface area (Å²) < 4.78 is 19.4. The molecular weight excluding hydrogens is 393 g/mol. The fraction of sp³-hybridized carbons (Fsp3) is 0.0556. The summed E-state index contributed by atoms with van der Waals surface area (Å²) in [6, 6.07) is 10.1. The van der Waals surface area contributed by atoms with E-state index in [2.05, 4.69) is 9.98 Å². The third-order valence-electron chi connectivity index (χ3n) is 3.68. The first-order valence-electron chi connectivity index (χ1n) is 7.62. The van der Waals surface area contributed by atoms with Crippen molar-refractivity contribution in [2.75, 3.05) is 7.11 Å². The molecule has 3 rings (SSSR count). The molecule has 2 N–H and O–H groups in total. The Morgan fingerprint density at radius 1 is 1.30 bits per heavy atom. The Kier molecular flexibility index (Phi) is 5.38. The van der Waals surface area contributed by atoms with Crippen LogP contribution in [0, 0.1) is 10.6 Å². The third-order valence-corrected chi connectivity index (χ3v) is 4.26. The number of rotatable bonds is 4. The van der Waals surface area contributed by atoms with Crippen LogP contribution in [0.1, 0.15) is 5.56 Å². The maximum absolute atomic E-state index is 13.1. The fourth-order valence-corrected chi connectivity index (χ4v) is 2.90. The van der Waals surface area contributed by atoms with E-state index in [1.54, 1.807) is 18.2 Å². The van der Waals surface area contributed by atoms with Crippen molar-refractivity contribution in [3.8, 4) is 17.3 Å². The van der Waals surface area contributed by atoms with Crippen molar-refractivity contribution >= 4 is 35.7 Å². The van der Waals surface area contributed by atoms with Gasteiger partial charge in [-0.2, -0.15) is 0 Å². The Morgan fingerprint density at radius 2 is 2.00 bits per heavy atom. The molecule has 0 saturated carbocycles. The summed E-state index contributed by atoms with van der Waals surface area (Å²) in [6.45, 7) is 0. The molecule has 0 fully saturated rings. The molecule has 1 aromatic heterocycles. The summed E-state index contributed by atoms with van der Waals surface area (Å²) >= 11 is 11.1. The van der Waals surface area contributed by atoms with Gasteiger partial charge >= 0.3 is 0 Å². The van der Waals surface area contributed by atoms with Crippen LogP contribution in [0.15, 0.2) is 52.3 Å². The van der Waals surface area contributed by atoms with Gasteiger partial charge in [0.2, 0.25) is 5.88 Å². The maximum atomic E-state index is 13.1. The highest BCUT2D eigenvalue weighted by molar-refractivity contribution is 7.71. The van der Waals surface area contributed by atoms with Crippen molar-refractivity contribution in [1.82, 2.24) is 9.55 Å². The molecule has 0 atom stereocenters. The average molecular weight is 406 g/mol. The minimum absolute atomic E-state index is 0.0336. The van der Waals surface area contributed by atoms with E-state index in [-0.39, 0.29) is 10.3 Å². The molecule has 0 radical (unpaired) electrons. The van der Waals surface area contributed by atoms with Gasteiger partial charge in [-0.25, -0.2) is 4.39 Å². The number of ether oxygens (including phenoxy) is 1. The van der Waals surface area contributed by atoms with Gasteiger partial charge in [0.05, 0.1) is 23.5 Å². The van der Waals surface area contributed by atoms with Gasteiger partial charge in [-0.05, 0) is 54.7 Å². The Labute approximate surface area is 163 Å². The number of H-pyrrole nitrogens is 1. The number of nitrogens with one attached hydrogen (secondary N) is 1.